The lowest BCUT2D eigenvalue weighted by Crippen LogP contribution is -2.32. The van der Waals surface area contributed by atoms with E-state index in [4.69, 9.17) is 4.98 Å². The molecule has 4 heteroatoms. The van der Waals surface area contributed by atoms with Crippen LogP contribution in [0.1, 0.15) is 53.7 Å². The maximum atomic E-state index is 4.92. The highest BCUT2D eigenvalue weighted by Crippen LogP contribution is 2.35. The van der Waals surface area contributed by atoms with Gasteiger partial charge in [0, 0.05) is 23.7 Å². The first-order valence-corrected chi connectivity index (χ1v) is 9.21. The van der Waals surface area contributed by atoms with Crippen LogP contribution in [0.3, 0.4) is 0 Å². The van der Waals surface area contributed by atoms with Crippen LogP contribution in [0.4, 0.5) is 0 Å². The Morgan fingerprint density at radius 2 is 1.91 bits per heavy atom. The van der Waals surface area contributed by atoms with Crippen molar-refractivity contribution in [3.8, 4) is 0 Å². The van der Waals surface area contributed by atoms with Crippen molar-refractivity contribution >= 4 is 11.3 Å². The summed E-state index contributed by atoms with van der Waals surface area (Å²) in [6.07, 6.45) is 8.30. The van der Waals surface area contributed by atoms with Crippen LogP contribution in [0.5, 0.6) is 0 Å². The van der Waals surface area contributed by atoms with E-state index in [0.29, 0.717) is 0 Å². The van der Waals surface area contributed by atoms with Crippen molar-refractivity contribution in [3.63, 3.8) is 0 Å². The van der Waals surface area contributed by atoms with Gasteiger partial charge in [0.25, 0.3) is 0 Å². The van der Waals surface area contributed by atoms with Gasteiger partial charge in [0.15, 0.2) is 0 Å². The van der Waals surface area contributed by atoms with E-state index in [1.807, 2.05) is 23.7 Å². The number of nitrogens with zero attached hydrogens (tertiary/aromatic N) is 3. The van der Waals surface area contributed by atoms with Crippen LogP contribution in [0.15, 0.2) is 24.5 Å². The monoisotopic (exact) mass is 315 g/mol. The van der Waals surface area contributed by atoms with Crippen LogP contribution in [0.2, 0.25) is 0 Å². The van der Waals surface area contributed by atoms with E-state index in [0.717, 1.165) is 18.8 Å². The van der Waals surface area contributed by atoms with Gasteiger partial charge in [0.1, 0.15) is 0 Å². The summed E-state index contributed by atoms with van der Waals surface area (Å²) in [5, 5.41) is 1.26. The van der Waals surface area contributed by atoms with E-state index in [-0.39, 0.29) is 0 Å². The molecule has 1 fully saturated rings. The normalized spacial score (nSPS) is 17.0. The van der Waals surface area contributed by atoms with Crippen molar-refractivity contribution in [3.05, 3.63) is 45.7 Å². The molecular weight excluding hydrogens is 290 g/mol. The standard InChI is InChI=1S/C18H25N3S/c1-3-16-18(15-7-11-21(4-2)12-8-15)22-17(20-16)13-14-5-9-19-10-6-14/h5-6,9-10,15H,3-4,7-8,11-13H2,1-2H3. The highest BCUT2D eigenvalue weighted by Gasteiger charge is 2.24. The fourth-order valence-corrected chi connectivity index (χ4v) is 4.61. The molecule has 3 rings (SSSR count). The SMILES string of the molecule is CCc1nc(Cc2ccncc2)sc1C1CCN(CC)CC1. The van der Waals surface area contributed by atoms with Crippen LogP contribution in [0.25, 0.3) is 0 Å². The molecule has 0 saturated carbocycles. The Balaban J connectivity index is 1.74. The molecule has 22 heavy (non-hydrogen) atoms. The van der Waals surface area contributed by atoms with E-state index in [1.54, 1.807) is 4.88 Å². The minimum Gasteiger partial charge on any atom is -0.304 e. The molecule has 0 atom stereocenters. The smallest absolute Gasteiger partial charge is 0.0975 e. The van der Waals surface area contributed by atoms with Crippen molar-refractivity contribution in [1.29, 1.82) is 0 Å². The topological polar surface area (TPSA) is 29.0 Å². The average molecular weight is 315 g/mol. The molecule has 3 heterocycles. The quantitative estimate of drug-likeness (QED) is 0.838. The molecule has 3 nitrogen and oxygen atoms in total. The number of rotatable bonds is 5. The average Bonchev–Trinajstić information content (AvgIpc) is 2.99. The molecule has 1 aliphatic rings. The first-order chi connectivity index (χ1) is 10.8. The number of hydrogen-bond acceptors (Lipinski definition) is 4. The highest BCUT2D eigenvalue weighted by atomic mass is 32.1. The van der Waals surface area contributed by atoms with Gasteiger partial charge in [0.2, 0.25) is 0 Å². The molecule has 1 aliphatic heterocycles. The summed E-state index contributed by atoms with van der Waals surface area (Å²) in [6.45, 7) is 8.15. The maximum Gasteiger partial charge on any atom is 0.0975 e. The first-order valence-electron chi connectivity index (χ1n) is 8.39. The first kappa shape index (κ1) is 15.6. The van der Waals surface area contributed by atoms with Gasteiger partial charge in [0.05, 0.1) is 10.7 Å². The molecule has 0 aromatic carbocycles. The van der Waals surface area contributed by atoms with Gasteiger partial charge in [-0.05, 0) is 62.5 Å². The lowest BCUT2D eigenvalue weighted by molar-refractivity contribution is 0.223. The van der Waals surface area contributed by atoms with Crippen molar-refractivity contribution in [2.24, 2.45) is 0 Å². The van der Waals surface area contributed by atoms with Crippen LogP contribution in [0, 0.1) is 0 Å². The molecule has 1 saturated heterocycles. The Labute approximate surface area is 137 Å². The third-order valence-corrected chi connectivity index (χ3v) is 5.88. The molecule has 0 aliphatic carbocycles. The van der Waals surface area contributed by atoms with Crippen molar-refractivity contribution < 1.29 is 0 Å². The zero-order valence-corrected chi connectivity index (χ0v) is 14.4. The maximum absolute atomic E-state index is 4.92. The summed E-state index contributed by atoms with van der Waals surface area (Å²) in [5.74, 6) is 0.724. The van der Waals surface area contributed by atoms with Gasteiger partial charge in [-0.1, -0.05) is 13.8 Å². The summed E-state index contributed by atoms with van der Waals surface area (Å²) >= 11 is 1.94. The zero-order valence-electron chi connectivity index (χ0n) is 13.6. The van der Waals surface area contributed by atoms with Crippen molar-refractivity contribution in [1.82, 2.24) is 14.9 Å². The van der Waals surface area contributed by atoms with Gasteiger partial charge in [-0.2, -0.15) is 0 Å². The summed E-state index contributed by atoms with van der Waals surface area (Å²) in [7, 11) is 0. The zero-order chi connectivity index (χ0) is 15.4. The summed E-state index contributed by atoms with van der Waals surface area (Å²) < 4.78 is 0. The van der Waals surface area contributed by atoms with E-state index >= 15 is 0 Å². The fraction of sp³-hybridized carbons (Fsp3) is 0.556. The fourth-order valence-electron chi connectivity index (χ4n) is 3.25. The molecule has 2 aromatic heterocycles. The second-order valence-electron chi connectivity index (χ2n) is 6.01. The van der Waals surface area contributed by atoms with Crippen LogP contribution >= 0.6 is 11.3 Å². The second kappa shape index (κ2) is 7.34. The molecular formula is C18H25N3S. The van der Waals surface area contributed by atoms with Gasteiger partial charge >= 0.3 is 0 Å². The molecule has 2 aromatic rings. The van der Waals surface area contributed by atoms with Gasteiger partial charge in [-0.15, -0.1) is 11.3 Å². The minimum atomic E-state index is 0.724. The molecule has 0 amide bonds. The molecule has 0 radical (unpaired) electrons. The number of likely N-dealkylation sites (tertiary alicyclic amines) is 1. The summed E-state index contributed by atoms with van der Waals surface area (Å²) in [4.78, 5) is 13.1. The van der Waals surface area contributed by atoms with Crippen molar-refractivity contribution in [2.45, 2.75) is 45.4 Å². The lowest BCUT2D eigenvalue weighted by Gasteiger charge is -2.30. The predicted molar refractivity (Wildman–Crippen MR) is 92.6 cm³/mol. The summed E-state index contributed by atoms with van der Waals surface area (Å²) in [5.41, 5.74) is 2.64. The number of thiazole rings is 1. The highest BCUT2D eigenvalue weighted by molar-refractivity contribution is 7.11. The number of aryl methyl sites for hydroxylation is 1. The summed E-state index contributed by atoms with van der Waals surface area (Å²) in [6, 6.07) is 4.18. The molecule has 0 N–H and O–H groups in total. The third-order valence-electron chi connectivity index (χ3n) is 4.62. The van der Waals surface area contributed by atoms with E-state index in [2.05, 4.69) is 35.9 Å². The molecule has 118 valence electrons. The number of aromatic nitrogens is 2. The Kier molecular flexibility index (Phi) is 5.21. The molecule has 0 bridgehead atoms. The number of pyridine rings is 1. The Morgan fingerprint density at radius 1 is 1.18 bits per heavy atom. The van der Waals surface area contributed by atoms with Crippen LogP contribution < -0.4 is 0 Å². The lowest BCUT2D eigenvalue weighted by atomic mass is 9.94. The van der Waals surface area contributed by atoms with E-state index < -0.39 is 0 Å². The van der Waals surface area contributed by atoms with Crippen LogP contribution in [-0.2, 0) is 12.8 Å². The number of piperidine rings is 1. The van der Waals surface area contributed by atoms with Gasteiger partial charge < -0.3 is 4.90 Å². The second-order valence-corrected chi connectivity index (χ2v) is 7.13. The minimum absolute atomic E-state index is 0.724. The molecule has 0 spiro atoms. The Bertz CT molecular complexity index is 586. The van der Waals surface area contributed by atoms with E-state index in [1.165, 1.54) is 48.7 Å². The van der Waals surface area contributed by atoms with E-state index in [9.17, 15) is 0 Å². The van der Waals surface area contributed by atoms with Crippen LogP contribution in [-0.4, -0.2) is 34.5 Å². The molecule has 0 unspecified atom stereocenters. The van der Waals surface area contributed by atoms with Crippen molar-refractivity contribution in [2.75, 3.05) is 19.6 Å². The van der Waals surface area contributed by atoms with Gasteiger partial charge in [-0.25, -0.2) is 4.98 Å². The number of hydrogen-bond donors (Lipinski definition) is 0. The predicted octanol–water partition coefficient (Wildman–Crippen LogP) is 3.89. The largest absolute Gasteiger partial charge is 0.304 e. The Morgan fingerprint density at radius 3 is 2.55 bits per heavy atom. The third kappa shape index (κ3) is 3.55. The van der Waals surface area contributed by atoms with Gasteiger partial charge in [-0.3, -0.25) is 4.98 Å². The Hall–Kier alpha value is -1.26.